The fourth-order valence-electron chi connectivity index (χ4n) is 3.41. The smallest absolute Gasteiger partial charge is 0.254 e. The maximum absolute atomic E-state index is 12.7. The fraction of sp³-hybridized carbons (Fsp3) is 0.562. The average molecular weight is 407 g/mol. The number of carbonyl (C=O) groups is 1. The van der Waals surface area contributed by atoms with Gasteiger partial charge in [0.2, 0.25) is 0 Å². The van der Waals surface area contributed by atoms with Crippen LogP contribution in [-0.2, 0) is 9.84 Å². The summed E-state index contributed by atoms with van der Waals surface area (Å²) in [5.41, 5.74) is 0.424. The Morgan fingerprint density at radius 2 is 1.76 bits per heavy atom. The number of halogens is 2. The van der Waals surface area contributed by atoms with Gasteiger partial charge in [-0.05, 0) is 18.6 Å². The Bertz CT molecular complexity index is 753. The molecule has 0 saturated carbocycles. The second-order valence-electron chi connectivity index (χ2n) is 6.36. The molecule has 1 amide bonds. The first-order valence-electron chi connectivity index (χ1n) is 8.07. The first-order chi connectivity index (χ1) is 11.8. The first-order valence-corrected chi connectivity index (χ1v) is 10.7. The molecular formula is C16H20Cl2N2O4S. The van der Waals surface area contributed by atoms with Gasteiger partial charge in [0.1, 0.15) is 0 Å². The van der Waals surface area contributed by atoms with Crippen LogP contribution in [0.15, 0.2) is 12.1 Å². The maximum Gasteiger partial charge on any atom is 0.254 e. The number of piperazine rings is 1. The summed E-state index contributed by atoms with van der Waals surface area (Å²) in [6.07, 6.45) is 0.681. The van der Waals surface area contributed by atoms with E-state index in [1.165, 1.54) is 7.11 Å². The molecule has 0 spiro atoms. The van der Waals surface area contributed by atoms with Crippen LogP contribution in [0.5, 0.6) is 5.75 Å². The normalized spacial score (nSPS) is 23.6. The van der Waals surface area contributed by atoms with E-state index < -0.39 is 9.84 Å². The number of rotatable bonds is 3. The third kappa shape index (κ3) is 4.05. The summed E-state index contributed by atoms with van der Waals surface area (Å²) in [6.45, 7) is 2.44. The molecule has 1 aromatic carbocycles. The summed E-state index contributed by atoms with van der Waals surface area (Å²) in [4.78, 5) is 16.6. The molecule has 0 unspecified atom stereocenters. The van der Waals surface area contributed by atoms with Crippen molar-refractivity contribution in [2.24, 2.45) is 0 Å². The number of sulfone groups is 1. The van der Waals surface area contributed by atoms with Crippen molar-refractivity contribution >= 4 is 38.9 Å². The molecule has 2 aliphatic rings. The minimum absolute atomic E-state index is 0.0760. The summed E-state index contributed by atoms with van der Waals surface area (Å²) in [7, 11) is -1.43. The van der Waals surface area contributed by atoms with Gasteiger partial charge >= 0.3 is 0 Å². The van der Waals surface area contributed by atoms with Crippen molar-refractivity contribution in [3.63, 3.8) is 0 Å². The quantitative estimate of drug-likeness (QED) is 0.767. The number of benzene rings is 1. The minimum atomic E-state index is -2.90. The van der Waals surface area contributed by atoms with Crippen LogP contribution in [0.25, 0.3) is 0 Å². The van der Waals surface area contributed by atoms with E-state index in [1.807, 2.05) is 0 Å². The molecule has 2 saturated heterocycles. The molecular weight excluding hydrogens is 387 g/mol. The standard InChI is InChI=1S/C16H20Cl2N2O4S/c1-24-15-13(17)8-11(9-14(15)18)16(21)20-5-3-19(4-6-20)12-2-7-25(22,23)10-12/h8-9,12H,2-7,10H2,1H3/t12-/m0/s1. The topological polar surface area (TPSA) is 66.9 Å². The second-order valence-corrected chi connectivity index (χ2v) is 9.40. The third-order valence-electron chi connectivity index (χ3n) is 4.78. The molecule has 0 aromatic heterocycles. The highest BCUT2D eigenvalue weighted by Gasteiger charge is 2.34. The van der Waals surface area contributed by atoms with Crippen LogP contribution in [0.4, 0.5) is 0 Å². The van der Waals surface area contributed by atoms with Crippen molar-refractivity contribution in [3.05, 3.63) is 27.7 Å². The number of ether oxygens (including phenoxy) is 1. The monoisotopic (exact) mass is 406 g/mol. The Hall–Kier alpha value is -1.02. The summed E-state index contributed by atoms with van der Waals surface area (Å²) >= 11 is 12.2. The Labute approximate surface area is 157 Å². The number of hydrogen-bond acceptors (Lipinski definition) is 5. The average Bonchev–Trinajstić information content (AvgIpc) is 2.94. The molecule has 2 fully saturated rings. The second kappa shape index (κ2) is 7.31. The molecule has 138 valence electrons. The van der Waals surface area contributed by atoms with Gasteiger partial charge in [0.15, 0.2) is 15.6 Å². The number of nitrogens with zero attached hydrogens (tertiary/aromatic N) is 2. The van der Waals surface area contributed by atoms with E-state index in [9.17, 15) is 13.2 Å². The molecule has 25 heavy (non-hydrogen) atoms. The number of hydrogen-bond donors (Lipinski definition) is 0. The zero-order valence-corrected chi connectivity index (χ0v) is 16.2. The summed E-state index contributed by atoms with van der Waals surface area (Å²) in [5, 5.41) is 0.598. The van der Waals surface area contributed by atoms with Crippen LogP contribution in [0, 0.1) is 0 Å². The van der Waals surface area contributed by atoms with Crippen molar-refractivity contribution < 1.29 is 17.9 Å². The minimum Gasteiger partial charge on any atom is -0.494 e. The Balaban J connectivity index is 1.64. The molecule has 2 heterocycles. The van der Waals surface area contributed by atoms with E-state index in [0.717, 1.165) is 0 Å². The third-order valence-corrected chi connectivity index (χ3v) is 7.09. The van der Waals surface area contributed by atoms with Gasteiger partial charge in [0.25, 0.3) is 5.91 Å². The van der Waals surface area contributed by atoms with Gasteiger partial charge in [-0.3, -0.25) is 9.69 Å². The van der Waals surface area contributed by atoms with Crippen LogP contribution in [0.2, 0.25) is 10.0 Å². The number of amides is 1. The van der Waals surface area contributed by atoms with E-state index in [1.54, 1.807) is 17.0 Å². The molecule has 6 nitrogen and oxygen atoms in total. The van der Waals surface area contributed by atoms with Crippen LogP contribution in [0.3, 0.4) is 0 Å². The summed E-state index contributed by atoms with van der Waals surface area (Å²) < 4.78 is 28.4. The zero-order chi connectivity index (χ0) is 18.2. The van der Waals surface area contributed by atoms with E-state index in [-0.39, 0.29) is 23.5 Å². The first kappa shape index (κ1) is 18.8. The van der Waals surface area contributed by atoms with Gasteiger partial charge < -0.3 is 9.64 Å². The molecule has 0 N–H and O–H groups in total. The van der Waals surface area contributed by atoms with Gasteiger partial charge in [-0.2, -0.15) is 0 Å². The number of methoxy groups -OCH3 is 1. The van der Waals surface area contributed by atoms with Gasteiger partial charge in [-0.25, -0.2) is 8.42 Å². The lowest BCUT2D eigenvalue weighted by atomic mass is 10.1. The van der Waals surface area contributed by atoms with Crippen LogP contribution in [-0.4, -0.2) is 75.0 Å². The SMILES string of the molecule is COc1c(Cl)cc(C(=O)N2CCN([C@H]3CCS(=O)(=O)C3)CC2)cc1Cl. The van der Waals surface area contributed by atoms with Crippen molar-refractivity contribution in [1.82, 2.24) is 9.80 Å². The Morgan fingerprint density at radius 1 is 1.16 bits per heavy atom. The summed E-state index contributed by atoms with van der Waals surface area (Å²) in [6, 6.07) is 3.20. The molecule has 0 radical (unpaired) electrons. The Kier molecular flexibility index (Phi) is 5.48. The van der Waals surface area contributed by atoms with E-state index >= 15 is 0 Å². The fourth-order valence-corrected chi connectivity index (χ4v) is 5.82. The predicted molar refractivity (Wildman–Crippen MR) is 97.5 cm³/mol. The molecule has 1 atom stereocenters. The van der Waals surface area contributed by atoms with E-state index in [2.05, 4.69) is 4.90 Å². The molecule has 0 aliphatic carbocycles. The summed E-state index contributed by atoms with van der Waals surface area (Å²) in [5.74, 6) is 0.710. The van der Waals surface area contributed by atoms with Crippen molar-refractivity contribution in [2.75, 3.05) is 44.8 Å². The van der Waals surface area contributed by atoms with Crippen molar-refractivity contribution in [1.29, 1.82) is 0 Å². The van der Waals surface area contributed by atoms with Crippen LogP contribution >= 0.6 is 23.2 Å². The largest absolute Gasteiger partial charge is 0.494 e. The molecule has 1 aromatic rings. The highest BCUT2D eigenvalue weighted by atomic mass is 35.5. The Morgan fingerprint density at radius 3 is 2.24 bits per heavy atom. The van der Waals surface area contributed by atoms with E-state index in [0.29, 0.717) is 54.0 Å². The lowest BCUT2D eigenvalue weighted by molar-refractivity contribution is 0.0588. The van der Waals surface area contributed by atoms with E-state index in [4.69, 9.17) is 27.9 Å². The van der Waals surface area contributed by atoms with Crippen LogP contribution < -0.4 is 4.74 Å². The lowest BCUT2D eigenvalue weighted by Gasteiger charge is -2.37. The molecule has 2 aliphatic heterocycles. The number of carbonyl (C=O) groups excluding carboxylic acids is 1. The van der Waals surface area contributed by atoms with Gasteiger partial charge in [0, 0.05) is 37.8 Å². The van der Waals surface area contributed by atoms with Crippen molar-refractivity contribution in [3.8, 4) is 5.75 Å². The maximum atomic E-state index is 12.7. The van der Waals surface area contributed by atoms with Crippen LogP contribution in [0.1, 0.15) is 16.8 Å². The van der Waals surface area contributed by atoms with Gasteiger partial charge in [-0.15, -0.1) is 0 Å². The van der Waals surface area contributed by atoms with Gasteiger partial charge in [0.05, 0.1) is 28.7 Å². The lowest BCUT2D eigenvalue weighted by Crippen LogP contribution is -2.52. The zero-order valence-electron chi connectivity index (χ0n) is 13.9. The molecule has 3 rings (SSSR count). The highest BCUT2D eigenvalue weighted by molar-refractivity contribution is 7.91. The molecule has 9 heteroatoms. The van der Waals surface area contributed by atoms with Crippen molar-refractivity contribution in [2.45, 2.75) is 12.5 Å². The van der Waals surface area contributed by atoms with Gasteiger partial charge in [-0.1, -0.05) is 23.2 Å². The highest BCUT2D eigenvalue weighted by Crippen LogP contribution is 2.34. The molecule has 0 bridgehead atoms. The predicted octanol–water partition coefficient (Wildman–Crippen LogP) is 1.95.